The van der Waals surface area contributed by atoms with E-state index in [1.54, 1.807) is 13.4 Å². The van der Waals surface area contributed by atoms with Crippen molar-refractivity contribution in [2.45, 2.75) is 18.8 Å². The lowest BCUT2D eigenvalue weighted by Gasteiger charge is -2.31. The van der Waals surface area contributed by atoms with Gasteiger partial charge in [-0.1, -0.05) is 0 Å². The molecule has 0 radical (unpaired) electrons. The fraction of sp³-hybridized carbons (Fsp3) is 0.769. The number of carbonyl (C=O) groups is 1. The Balaban J connectivity index is 1.81. The van der Waals surface area contributed by atoms with E-state index in [0.717, 1.165) is 31.8 Å². The number of methoxy groups -OCH3 is 1. The van der Waals surface area contributed by atoms with E-state index in [1.807, 2.05) is 11.6 Å². The summed E-state index contributed by atoms with van der Waals surface area (Å²) in [6, 6.07) is 0. The van der Waals surface area contributed by atoms with Crippen molar-refractivity contribution in [3.8, 4) is 0 Å². The van der Waals surface area contributed by atoms with Gasteiger partial charge in [0, 0.05) is 33.2 Å². The SMILES string of the molecule is COCCNC(=O)CN1CCC[C@H](c2nncn2C)C1. The van der Waals surface area contributed by atoms with Crippen molar-refractivity contribution in [2.24, 2.45) is 7.05 Å². The second-order valence-corrected chi connectivity index (χ2v) is 5.22. The van der Waals surface area contributed by atoms with Crippen LogP contribution in [0.2, 0.25) is 0 Å². The zero-order chi connectivity index (χ0) is 14.4. The van der Waals surface area contributed by atoms with Crippen molar-refractivity contribution in [3.05, 3.63) is 12.2 Å². The summed E-state index contributed by atoms with van der Waals surface area (Å²) in [6.07, 6.45) is 3.92. The molecule has 1 aromatic heterocycles. The van der Waals surface area contributed by atoms with Gasteiger partial charge in [0.15, 0.2) is 0 Å². The second-order valence-electron chi connectivity index (χ2n) is 5.22. The quantitative estimate of drug-likeness (QED) is 0.729. The smallest absolute Gasteiger partial charge is 0.234 e. The van der Waals surface area contributed by atoms with Crippen LogP contribution in [0.25, 0.3) is 0 Å². The number of likely N-dealkylation sites (tertiary alicyclic amines) is 1. The third kappa shape index (κ3) is 4.01. The molecule has 1 amide bonds. The molecule has 0 aromatic carbocycles. The summed E-state index contributed by atoms with van der Waals surface area (Å²) in [6.45, 7) is 3.39. The Morgan fingerprint density at radius 1 is 1.60 bits per heavy atom. The zero-order valence-electron chi connectivity index (χ0n) is 12.2. The maximum atomic E-state index is 11.8. The Morgan fingerprint density at radius 3 is 3.15 bits per heavy atom. The van der Waals surface area contributed by atoms with E-state index >= 15 is 0 Å². The van der Waals surface area contributed by atoms with Gasteiger partial charge in [-0.3, -0.25) is 9.69 Å². The molecule has 1 aromatic rings. The van der Waals surface area contributed by atoms with E-state index in [9.17, 15) is 4.79 Å². The molecule has 0 aliphatic carbocycles. The number of carbonyl (C=O) groups excluding carboxylic acids is 1. The number of rotatable bonds is 6. The summed E-state index contributed by atoms with van der Waals surface area (Å²) in [4.78, 5) is 14.0. The lowest BCUT2D eigenvalue weighted by atomic mass is 9.97. The van der Waals surface area contributed by atoms with Gasteiger partial charge < -0.3 is 14.6 Å². The van der Waals surface area contributed by atoms with Gasteiger partial charge >= 0.3 is 0 Å². The minimum atomic E-state index is 0.0562. The number of aromatic nitrogens is 3. The van der Waals surface area contributed by atoms with Crippen LogP contribution in [0.5, 0.6) is 0 Å². The van der Waals surface area contributed by atoms with E-state index < -0.39 is 0 Å². The van der Waals surface area contributed by atoms with E-state index in [-0.39, 0.29) is 5.91 Å². The summed E-state index contributed by atoms with van der Waals surface area (Å²) in [7, 11) is 3.59. The number of nitrogens with one attached hydrogen (secondary N) is 1. The van der Waals surface area contributed by atoms with Gasteiger partial charge in [-0.05, 0) is 19.4 Å². The first-order valence-corrected chi connectivity index (χ1v) is 7.02. The Bertz CT molecular complexity index is 434. The monoisotopic (exact) mass is 281 g/mol. The molecular weight excluding hydrogens is 258 g/mol. The molecule has 1 atom stereocenters. The first-order valence-electron chi connectivity index (χ1n) is 7.02. The molecule has 1 aliphatic rings. The molecule has 2 rings (SSSR count). The predicted molar refractivity (Wildman–Crippen MR) is 74.3 cm³/mol. The molecule has 0 saturated carbocycles. The van der Waals surface area contributed by atoms with Gasteiger partial charge in [-0.25, -0.2) is 0 Å². The number of amides is 1. The van der Waals surface area contributed by atoms with Crippen molar-refractivity contribution in [1.82, 2.24) is 25.0 Å². The van der Waals surface area contributed by atoms with Gasteiger partial charge in [0.25, 0.3) is 0 Å². The highest BCUT2D eigenvalue weighted by Gasteiger charge is 2.25. The van der Waals surface area contributed by atoms with Crippen LogP contribution in [-0.2, 0) is 16.6 Å². The summed E-state index contributed by atoms with van der Waals surface area (Å²) in [5, 5.41) is 11.0. The lowest BCUT2D eigenvalue weighted by molar-refractivity contribution is -0.122. The largest absolute Gasteiger partial charge is 0.383 e. The third-order valence-corrected chi connectivity index (χ3v) is 3.61. The molecular formula is C13H23N5O2. The predicted octanol–water partition coefficient (Wildman–Crippen LogP) is -0.243. The number of hydrogen-bond donors (Lipinski definition) is 1. The van der Waals surface area contributed by atoms with Crippen molar-refractivity contribution in [1.29, 1.82) is 0 Å². The van der Waals surface area contributed by atoms with Crippen LogP contribution in [0, 0.1) is 0 Å². The highest BCUT2D eigenvalue weighted by molar-refractivity contribution is 5.78. The fourth-order valence-electron chi connectivity index (χ4n) is 2.62. The first kappa shape index (κ1) is 14.9. The average molecular weight is 281 g/mol. The fourth-order valence-corrected chi connectivity index (χ4v) is 2.62. The van der Waals surface area contributed by atoms with Crippen molar-refractivity contribution < 1.29 is 9.53 Å². The van der Waals surface area contributed by atoms with Crippen LogP contribution in [0.1, 0.15) is 24.6 Å². The summed E-state index contributed by atoms with van der Waals surface area (Å²) >= 11 is 0. The molecule has 1 N–H and O–H groups in total. The van der Waals surface area contributed by atoms with E-state index in [1.165, 1.54) is 0 Å². The van der Waals surface area contributed by atoms with E-state index in [2.05, 4.69) is 20.4 Å². The molecule has 0 unspecified atom stereocenters. The van der Waals surface area contributed by atoms with Crippen LogP contribution in [0.3, 0.4) is 0 Å². The maximum absolute atomic E-state index is 11.8. The molecule has 7 nitrogen and oxygen atoms in total. The minimum absolute atomic E-state index is 0.0562. The van der Waals surface area contributed by atoms with Crippen molar-refractivity contribution in [2.75, 3.05) is 39.9 Å². The Labute approximate surface area is 119 Å². The van der Waals surface area contributed by atoms with E-state index in [0.29, 0.717) is 25.6 Å². The molecule has 0 bridgehead atoms. The summed E-state index contributed by atoms with van der Waals surface area (Å²) < 4.78 is 6.88. The third-order valence-electron chi connectivity index (χ3n) is 3.61. The van der Waals surface area contributed by atoms with Crippen LogP contribution in [0.4, 0.5) is 0 Å². The standard InChI is InChI=1S/C13H23N5O2/c1-17-10-15-16-13(17)11-4-3-6-18(8-11)9-12(19)14-5-7-20-2/h10-11H,3-9H2,1-2H3,(H,14,19)/t11-/m0/s1. The van der Waals surface area contributed by atoms with Gasteiger partial charge in [0.2, 0.25) is 5.91 Å². The molecule has 1 fully saturated rings. The number of nitrogens with zero attached hydrogens (tertiary/aromatic N) is 4. The topological polar surface area (TPSA) is 72.3 Å². The number of ether oxygens (including phenoxy) is 1. The first-order chi connectivity index (χ1) is 9.70. The minimum Gasteiger partial charge on any atom is -0.383 e. The van der Waals surface area contributed by atoms with Crippen LogP contribution in [-0.4, -0.2) is 65.5 Å². The average Bonchev–Trinajstić information content (AvgIpc) is 2.85. The molecule has 1 saturated heterocycles. The van der Waals surface area contributed by atoms with Gasteiger partial charge in [0.1, 0.15) is 12.2 Å². The van der Waals surface area contributed by atoms with Gasteiger partial charge in [0.05, 0.1) is 13.2 Å². The summed E-state index contributed by atoms with van der Waals surface area (Å²) in [5.74, 6) is 1.43. The molecule has 2 heterocycles. The molecule has 1 aliphatic heterocycles. The highest BCUT2D eigenvalue weighted by atomic mass is 16.5. The Kier molecular flexibility index (Phi) is 5.49. The van der Waals surface area contributed by atoms with E-state index in [4.69, 9.17) is 4.74 Å². The molecule has 7 heteroatoms. The van der Waals surface area contributed by atoms with Crippen molar-refractivity contribution in [3.63, 3.8) is 0 Å². The van der Waals surface area contributed by atoms with Crippen LogP contribution in [0.15, 0.2) is 6.33 Å². The molecule has 112 valence electrons. The number of aryl methyl sites for hydroxylation is 1. The molecule has 20 heavy (non-hydrogen) atoms. The van der Waals surface area contributed by atoms with Crippen LogP contribution < -0.4 is 5.32 Å². The second kappa shape index (κ2) is 7.35. The zero-order valence-corrected chi connectivity index (χ0v) is 12.2. The Morgan fingerprint density at radius 2 is 2.45 bits per heavy atom. The van der Waals surface area contributed by atoms with Gasteiger partial charge in [-0.15, -0.1) is 10.2 Å². The Hall–Kier alpha value is -1.47. The normalized spacial score (nSPS) is 20.0. The highest BCUT2D eigenvalue weighted by Crippen LogP contribution is 2.24. The summed E-state index contributed by atoms with van der Waals surface area (Å²) in [5.41, 5.74) is 0. The number of hydrogen-bond acceptors (Lipinski definition) is 5. The van der Waals surface area contributed by atoms with Crippen molar-refractivity contribution >= 4 is 5.91 Å². The lowest BCUT2D eigenvalue weighted by Crippen LogP contribution is -2.43. The number of piperidine rings is 1. The molecule has 0 spiro atoms. The van der Waals surface area contributed by atoms with Crippen LogP contribution >= 0.6 is 0 Å². The van der Waals surface area contributed by atoms with Gasteiger partial charge in [-0.2, -0.15) is 0 Å². The maximum Gasteiger partial charge on any atom is 0.234 e.